The maximum Gasteiger partial charge on any atom is 0.319 e. The van der Waals surface area contributed by atoms with E-state index in [1.807, 2.05) is 17.5 Å². The van der Waals surface area contributed by atoms with Gasteiger partial charge in [-0.1, -0.05) is 24.3 Å². The second-order valence-electron chi connectivity index (χ2n) is 4.11. The first kappa shape index (κ1) is 14.1. The number of amides is 2. The molecule has 1 aromatic carbocycles. The molecule has 0 radical (unpaired) electrons. The summed E-state index contributed by atoms with van der Waals surface area (Å²) in [6.45, 7) is 0.449. The summed E-state index contributed by atoms with van der Waals surface area (Å²) in [6.07, 6.45) is -0.124. The van der Waals surface area contributed by atoms with Crippen molar-refractivity contribution in [3.05, 3.63) is 52.2 Å². The average Bonchev–Trinajstić information content (AvgIpc) is 2.91. The summed E-state index contributed by atoms with van der Waals surface area (Å²) in [4.78, 5) is 23.6. The van der Waals surface area contributed by atoms with Gasteiger partial charge in [0.15, 0.2) is 0 Å². The van der Waals surface area contributed by atoms with E-state index in [1.165, 1.54) is 0 Å². The third kappa shape index (κ3) is 4.10. The summed E-state index contributed by atoms with van der Waals surface area (Å²) in [5.41, 5.74) is 1.09. The van der Waals surface area contributed by atoms with Crippen molar-refractivity contribution in [2.75, 3.05) is 5.32 Å². The molecule has 5 nitrogen and oxygen atoms in total. The largest absolute Gasteiger partial charge is 0.481 e. The summed E-state index contributed by atoms with van der Waals surface area (Å²) in [5.74, 6) is -0.932. The third-order valence-electron chi connectivity index (χ3n) is 2.61. The van der Waals surface area contributed by atoms with Crippen LogP contribution in [0.1, 0.15) is 10.4 Å². The number of rotatable bonds is 5. The minimum absolute atomic E-state index is 0.124. The van der Waals surface area contributed by atoms with Gasteiger partial charge < -0.3 is 15.7 Å². The number of carbonyl (C=O) groups is 2. The zero-order valence-electron chi connectivity index (χ0n) is 10.6. The van der Waals surface area contributed by atoms with E-state index >= 15 is 0 Å². The van der Waals surface area contributed by atoms with Gasteiger partial charge in [-0.05, 0) is 23.1 Å². The van der Waals surface area contributed by atoms with Crippen LogP contribution in [0.5, 0.6) is 0 Å². The van der Waals surface area contributed by atoms with Crippen molar-refractivity contribution in [1.82, 2.24) is 5.32 Å². The monoisotopic (exact) mass is 290 g/mol. The molecule has 0 atom stereocenters. The Kier molecular flexibility index (Phi) is 4.73. The highest BCUT2D eigenvalue weighted by Crippen LogP contribution is 2.15. The Morgan fingerprint density at radius 2 is 1.95 bits per heavy atom. The average molecular weight is 290 g/mol. The smallest absolute Gasteiger partial charge is 0.319 e. The van der Waals surface area contributed by atoms with Gasteiger partial charge in [-0.15, -0.1) is 11.3 Å². The molecule has 0 spiro atoms. The lowest BCUT2D eigenvalue weighted by Crippen LogP contribution is -2.28. The molecule has 0 aliphatic carbocycles. The number of benzene rings is 1. The van der Waals surface area contributed by atoms with Crippen molar-refractivity contribution in [2.24, 2.45) is 0 Å². The minimum Gasteiger partial charge on any atom is -0.481 e. The molecule has 0 bridgehead atoms. The molecule has 20 heavy (non-hydrogen) atoms. The zero-order valence-corrected chi connectivity index (χ0v) is 11.4. The first-order valence-electron chi connectivity index (χ1n) is 6.02. The number of nitrogens with one attached hydrogen (secondary N) is 2. The van der Waals surface area contributed by atoms with Crippen molar-refractivity contribution in [3.63, 3.8) is 0 Å². The Bertz CT molecular complexity index is 596. The van der Waals surface area contributed by atoms with E-state index < -0.39 is 5.97 Å². The van der Waals surface area contributed by atoms with Crippen LogP contribution in [0.25, 0.3) is 0 Å². The third-order valence-corrected chi connectivity index (χ3v) is 3.49. The van der Waals surface area contributed by atoms with E-state index in [4.69, 9.17) is 5.11 Å². The van der Waals surface area contributed by atoms with Crippen LogP contribution in [-0.4, -0.2) is 17.1 Å². The van der Waals surface area contributed by atoms with E-state index in [9.17, 15) is 9.59 Å². The summed E-state index contributed by atoms with van der Waals surface area (Å²) in [7, 11) is 0. The van der Waals surface area contributed by atoms with Crippen LogP contribution in [0, 0.1) is 0 Å². The molecule has 6 heteroatoms. The lowest BCUT2D eigenvalue weighted by molar-refractivity contribution is -0.136. The van der Waals surface area contributed by atoms with E-state index in [0.717, 1.165) is 4.88 Å². The van der Waals surface area contributed by atoms with Crippen LogP contribution < -0.4 is 10.6 Å². The predicted molar refractivity (Wildman–Crippen MR) is 78.0 cm³/mol. The first-order valence-corrected chi connectivity index (χ1v) is 6.90. The first-order chi connectivity index (χ1) is 9.65. The molecule has 0 saturated heterocycles. The highest BCUT2D eigenvalue weighted by molar-refractivity contribution is 7.09. The van der Waals surface area contributed by atoms with Gasteiger partial charge in [-0.2, -0.15) is 0 Å². The lowest BCUT2D eigenvalue weighted by Gasteiger charge is -2.10. The highest BCUT2D eigenvalue weighted by Gasteiger charge is 2.09. The number of aliphatic carboxylic acids is 1. The molecule has 1 aromatic heterocycles. The molecular weight excluding hydrogens is 276 g/mol. The summed E-state index contributed by atoms with van der Waals surface area (Å²) in [5, 5.41) is 16.2. The van der Waals surface area contributed by atoms with Gasteiger partial charge in [0.25, 0.3) is 0 Å². The normalized spacial score (nSPS) is 10.0. The Morgan fingerprint density at radius 3 is 2.65 bits per heavy atom. The molecular formula is C14H14N2O3S. The fraction of sp³-hybridized carbons (Fsp3) is 0.143. The van der Waals surface area contributed by atoms with Gasteiger partial charge >= 0.3 is 12.0 Å². The molecule has 2 amide bonds. The number of para-hydroxylation sites is 1. The van der Waals surface area contributed by atoms with E-state index in [1.54, 1.807) is 35.6 Å². The number of hydrogen-bond acceptors (Lipinski definition) is 3. The van der Waals surface area contributed by atoms with E-state index in [0.29, 0.717) is 17.8 Å². The van der Waals surface area contributed by atoms with Gasteiger partial charge in [0.05, 0.1) is 13.0 Å². The minimum atomic E-state index is -0.932. The van der Waals surface area contributed by atoms with Crippen molar-refractivity contribution in [3.8, 4) is 0 Å². The Balaban J connectivity index is 1.95. The van der Waals surface area contributed by atoms with Gasteiger partial charge in [-0.3, -0.25) is 4.79 Å². The van der Waals surface area contributed by atoms with Gasteiger partial charge in [0.2, 0.25) is 0 Å². The Labute approximate surface area is 120 Å². The Morgan fingerprint density at radius 1 is 1.15 bits per heavy atom. The second-order valence-corrected chi connectivity index (χ2v) is 5.15. The molecule has 2 rings (SSSR count). The van der Waals surface area contributed by atoms with E-state index in [-0.39, 0.29) is 12.5 Å². The van der Waals surface area contributed by atoms with E-state index in [2.05, 4.69) is 10.6 Å². The number of carboxylic acids is 1. The van der Waals surface area contributed by atoms with Crippen LogP contribution in [0.3, 0.4) is 0 Å². The Hall–Kier alpha value is -2.34. The molecule has 0 unspecified atom stereocenters. The van der Waals surface area contributed by atoms with Crippen molar-refractivity contribution < 1.29 is 14.7 Å². The molecule has 0 saturated carbocycles. The second kappa shape index (κ2) is 6.72. The molecule has 0 aliphatic rings. The molecule has 0 aliphatic heterocycles. The van der Waals surface area contributed by atoms with Gasteiger partial charge in [0.1, 0.15) is 0 Å². The SMILES string of the molecule is O=C(O)Cc1ccccc1NC(=O)NCc1cccs1. The van der Waals surface area contributed by atoms with Crippen LogP contribution in [0.15, 0.2) is 41.8 Å². The van der Waals surface area contributed by atoms with Crippen LogP contribution >= 0.6 is 11.3 Å². The standard InChI is InChI=1S/C14H14N2O3S/c17-13(18)8-10-4-1-2-6-12(10)16-14(19)15-9-11-5-3-7-20-11/h1-7H,8-9H2,(H,17,18)(H2,15,16,19). The van der Waals surface area contributed by atoms with Gasteiger partial charge in [-0.25, -0.2) is 4.79 Å². The number of carboxylic acid groups (broad SMARTS) is 1. The summed E-state index contributed by atoms with van der Waals surface area (Å²) < 4.78 is 0. The quantitative estimate of drug-likeness (QED) is 0.792. The number of urea groups is 1. The van der Waals surface area contributed by atoms with Gasteiger partial charge in [0, 0.05) is 10.6 Å². The fourth-order valence-corrected chi connectivity index (χ4v) is 2.35. The highest BCUT2D eigenvalue weighted by atomic mass is 32.1. The topological polar surface area (TPSA) is 78.4 Å². The lowest BCUT2D eigenvalue weighted by atomic mass is 10.1. The fourth-order valence-electron chi connectivity index (χ4n) is 1.71. The zero-order chi connectivity index (χ0) is 14.4. The molecule has 104 valence electrons. The maximum atomic E-state index is 11.8. The van der Waals surface area contributed by atoms with Crippen molar-refractivity contribution in [2.45, 2.75) is 13.0 Å². The van der Waals surface area contributed by atoms with Crippen molar-refractivity contribution in [1.29, 1.82) is 0 Å². The molecule has 3 N–H and O–H groups in total. The van der Waals surface area contributed by atoms with Crippen LogP contribution in [-0.2, 0) is 17.8 Å². The summed E-state index contributed by atoms with van der Waals surface area (Å²) >= 11 is 1.56. The van der Waals surface area contributed by atoms with Crippen LogP contribution in [0.4, 0.5) is 10.5 Å². The summed E-state index contributed by atoms with van der Waals surface area (Å²) in [6, 6.07) is 10.4. The number of anilines is 1. The predicted octanol–water partition coefficient (Wildman–Crippen LogP) is 2.70. The number of carbonyl (C=O) groups excluding carboxylic acids is 1. The van der Waals surface area contributed by atoms with Crippen molar-refractivity contribution >= 4 is 29.0 Å². The molecule has 0 fully saturated rings. The van der Waals surface area contributed by atoms with Crippen LogP contribution in [0.2, 0.25) is 0 Å². The number of hydrogen-bond donors (Lipinski definition) is 3. The molecule has 2 aromatic rings. The number of thiophene rings is 1. The maximum absolute atomic E-state index is 11.8. The molecule has 1 heterocycles.